The van der Waals surface area contributed by atoms with Gasteiger partial charge in [-0.2, -0.15) is 0 Å². The van der Waals surface area contributed by atoms with Crippen LogP contribution in [0.3, 0.4) is 0 Å². The van der Waals surface area contributed by atoms with Gasteiger partial charge >= 0.3 is 0 Å². The molecule has 1 saturated heterocycles. The van der Waals surface area contributed by atoms with Crippen LogP contribution in [0.5, 0.6) is 0 Å². The molecule has 2 N–H and O–H groups in total. The molecule has 1 heterocycles. The molecule has 1 fully saturated rings. The van der Waals surface area contributed by atoms with Gasteiger partial charge in [0.05, 0.1) is 10.6 Å². The van der Waals surface area contributed by atoms with E-state index >= 15 is 0 Å². The first-order valence-electron chi connectivity index (χ1n) is 5.43. The van der Waals surface area contributed by atoms with Gasteiger partial charge in [0.1, 0.15) is 0 Å². The number of likely N-dealkylation sites (tertiary alicyclic amines) is 1. The van der Waals surface area contributed by atoms with E-state index in [1.807, 2.05) is 0 Å². The summed E-state index contributed by atoms with van der Waals surface area (Å²) in [5.41, 5.74) is 5.64. The largest absolute Gasteiger partial charge is 0.325 e. The van der Waals surface area contributed by atoms with Crippen LogP contribution < -0.4 is 5.73 Å². The van der Waals surface area contributed by atoms with Gasteiger partial charge in [0.25, 0.3) is 0 Å². The molecule has 1 aromatic carbocycles. The zero-order chi connectivity index (χ0) is 12.5. The average molecular weight is 319 g/mol. The summed E-state index contributed by atoms with van der Waals surface area (Å²) in [7, 11) is -3.17. The zero-order valence-electron chi connectivity index (χ0n) is 9.34. The Hall–Kier alpha value is -0.430. The first-order valence-corrected chi connectivity index (χ1v) is 7.88. The number of nitrogens with two attached hydrogens (primary N) is 1. The Kier molecular flexibility index (Phi) is 3.87. The fourth-order valence-corrected chi connectivity index (χ4v) is 3.35. The number of halogens is 1. The zero-order valence-corrected chi connectivity index (χ0v) is 11.7. The molecule has 2 rings (SSSR count). The van der Waals surface area contributed by atoms with E-state index in [0.717, 1.165) is 17.6 Å². The Morgan fingerprint density at radius 1 is 1.29 bits per heavy atom. The van der Waals surface area contributed by atoms with Crippen LogP contribution >= 0.6 is 15.9 Å². The second-order valence-corrected chi connectivity index (χ2v) is 7.32. The molecule has 94 valence electrons. The molecular weight excluding hydrogens is 304 g/mol. The van der Waals surface area contributed by atoms with Crippen LogP contribution in [-0.2, 0) is 9.84 Å². The number of benzene rings is 1. The second kappa shape index (κ2) is 5.06. The Morgan fingerprint density at radius 2 is 1.88 bits per heavy atom. The highest BCUT2D eigenvalue weighted by molar-refractivity contribution is 9.10. The van der Waals surface area contributed by atoms with Crippen molar-refractivity contribution in [2.45, 2.75) is 10.9 Å². The third-order valence-electron chi connectivity index (χ3n) is 2.83. The highest BCUT2D eigenvalue weighted by Gasteiger charge is 2.24. The van der Waals surface area contributed by atoms with Crippen LogP contribution in [0.2, 0.25) is 0 Å². The smallest absolute Gasteiger partial charge is 0.179 e. The lowest BCUT2D eigenvalue weighted by molar-refractivity contribution is 0.161. The topological polar surface area (TPSA) is 63.4 Å². The minimum Gasteiger partial charge on any atom is -0.325 e. The number of rotatable bonds is 4. The van der Waals surface area contributed by atoms with Gasteiger partial charge in [-0.15, -0.1) is 0 Å². The van der Waals surface area contributed by atoms with E-state index < -0.39 is 9.84 Å². The molecule has 6 heteroatoms. The molecule has 0 atom stereocenters. The predicted molar refractivity (Wildman–Crippen MR) is 70.6 cm³/mol. The molecule has 0 saturated carbocycles. The van der Waals surface area contributed by atoms with Gasteiger partial charge in [-0.05, 0) is 24.3 Å². The highest BCUT2D eigenvalue weighted by atomic mass is 79.9. The van der Waals surface area contributed by atoms with E-state index in [0.29, 0.717) is 11.4 Å². The maximum absolute atomic E-state index is 12.0. The molecule has 0 spiro atoms. The Labute approximate surface area is 110 Å². The monoisotopic (exact) mass is 318 g/mol. The van der Waals surface area contributed by atoms with Crippen LogP contribution in [0.15, 0.2) is 33.6 Å². The summed E-state index contributed by atoms with van der Waals surface area (Å²) < 4.78 is 24.9. The summed E-state index contributed by atoms with van der Waals surface area (Å²) in [6, 6.07) is 6.95. The third kappa shape index (κ3) is 3.28. The molecule has 0 radical (unpaired) electrons. The van der Waals surface area contributed by atoms with Crippen LogP contribution in [0.4, 0.5) is 0 Å². The summed E-state index contributed by atoms with van der Waals surface area (Å²) in [5, 5.41) is 0. The summed E-state index contributed by atoms with van der Waals surface area (Å²) in [6.07, 6.45) is 0. The van der Waals surface area contributed by atoms with Crippen molar-refractivity contribution in [3.8, 4) is 0 Å². The fraction of sp³-hybridized carbons (Fsp3) is 0.455. The van der Waals surface area contributed by atoms with Crippen LogP contribution in [0.25, 0.3) is 0 Å². The number of sulfone groups is 1. The van der Waals surface area contributed by atoms with Crippen molar-refractivity contribution in [3.63, 3.8) is 0 Å². The minimum absolute atomic E-state index is 0.154. The molecule has 0 aromatic heterocycles. The van der Waals surface area contributed by atoms with Crippen LogP contribution in [0.1, 0.15) is 0 Å². The lowest BCUT2D eigenvalue weighted by atomic mass is 10.1. The highest BCUT2D eigenvalue weighted by Crippen LogP contribution is 2.16. The Morgan fingerprint density at radius 3 is 2.41 bits per heavy atom. The van der Waals surface area contributed by atoms with Gasteiger partial charge in [0, 0.05) is 30.1 Å². The van der Waals surface area contributed by atoms with E-state index in [1.54, 1.807) is 24.3 Å². The minimum atomic E-state index is -3.17. The number of hydrogen-bond donors (Lipinski definition) is 1. The summed E-state index contributed by atoms with van der Waals surface area (Å²) >= 11 is 3.28. The molecule has 0 aliphatic carbocycles. The first-order chi connectivity index (χ1) is 7.97. The molecule has 1 aliphatic rings. The second-order valence-electron chi connectivity index (χ2n) is 4.29. The molecular formula is C11H15BrN2O2S. The van der Waals surface area contributed by atoms with Crippen molar-refractivity contribution in [2.24, 2.45) is 5.73 Å². The Balaban J connectivity index is 1.96. The van der Waals surface area contributed by atoms with Crippen molar-refractivity contribution >= 4 is 25.8 Å². The van der Waals surface area contributed by atoms with Gasteiger partial charge in [-0.1, -0.05) is 15.9 Å². The average Bonchev–Trinajstić information content (AvgIpc) is 2.23. The number of hydrogen-bond acceptors (Lipinski definition) is 4. The molecule has 0 unspecified atom stereocenters. The SMILES string of the molecule is NC1CN(CCS(=O)(=O)c2ccc(Br)cc2)C1. The molecule has 4 nitrogen and oxygen atoms in total. The lowest BCUT2D eigenvalue weighted by Crippen LogP contribution is -2.56. The normalized spacial score (nSPS) is 18.0. The molecule has 1 aliphatic heterocycles. The van der Waals surface area contributed by atoms with E-state index in [-0.39, 0.29) is 11.8 Å². The van der Waals surface area contributed by atoms with Gasteiger partial charge in [0.15, 0.2) is 9.84 Å². The molecule has 0 bridgehead atoms. The first kappa shape index (κ1) is 13.0. The van der Waals surface area contributed by atoms with Gasteiger partial charge in [-0.25, -0.2) is 8.42 Å². The summed E-state index contributed by atoms with van der Waals surface area (Å²) in [5.74, 6) is 0.154. The van der Waals surface area contributed by atoms with Crippen molar-refractivity contribution in [2.75, 3.05) is 25.4 Å². The van der Waals surface area contributed by atoms with Crippen LogP contribution in [-0.4, -0.2) is 44.7 Å². The van der Waals surface area contributed by atoms with Crippen molar-refractivity contribution in [1.82, 2.24) is 4.90 Å². The molecule has 1 aromatic rings. The van der Waals surface area contributed by atoms with Crippen molar-refractivity contribution < 1.29 is 8.42 Å². The van der Waals surface area contributed by atoms with E-state index in [2.05, 4.69) is 20.8 Å². The molecule has 0 amide bonds. The van der Waals surface area contributed by atoms with Crippen LogP contribution in [0, 0.1) is 0 Å². The maximum atomic E-state index is 12.0. The predicted octanol–water partition coefficient (Wildman–Crippen LogP) is 0.866. The van der Waals surface area contributed by atoms with E-state index in [9.17, 15) is 8.42 Å². The third-order valence-corrected chi connectivity index (χ3v) is 5.07. The van der Waals surface area contributed by atoms with Crippen molar-refractivity contribution in [1.29, 1.82) is 0 Å². The Bertz CT molecular complexity index is 481. The lowest BCUT2D eigenvalue weighted by Gasteiger charge is -2.36. The van der Waals surface area contributed by atoms with E-state index in [1.165, 1.54) is 0 Å². The fourth-order valence-electron chi connectivity index (χ4n) is 1.80. The summed E-state index contributed by atoms with van der Waals surface area (Å²) in [6.45, 7) is 2.16. The quantitative estimate of drug-likeness (QED) is 0.894. The van der Waals surface area contributed by atoms with E-state index in [4.69, 9.17) is 5.73 Å². The van der Waals surface area contributed by atoms with Gasteiger partial charge < -0.3 is 5.73 Å². The van der Waals surface area contributed by atoms with Gasteiger partial charge in [-0.3, -0.25) is 4.90 Å². The van der Waals surface area contributed by atoms with Crippen molar-refractivity contribution in [3.05, 3.63) is 28.7 Å². The number of nitrogens with zero attached hydrogens (tertiary/aromatic N) is 1. The molecule has 17 heavy (non-hydrogen) atoms. The standard InChI is InChI=1S/C11H15BrN2O2S/c12-9-1-3-11(4-2-9)17(15,16)6-5-14-7-10(13)8-14/h1-4,10H,5-8,13H2. The van der Waals surface area contributed by atoms with Gasteiger partial charge in [0.2, 0.25) is 0 Å². The maximum Gasteiger partial charge on any atom is 0.179 e. The summed E-state index contributed by atoms with van der Waals surface area (Å²) in [4.78, 5) is 2.44.